The molecule has 0 aliphatic rings. The number of alkyl halides is 5. The SMILES string of the molecule is C.C.C.C.CCC(C)(CO)COCC(C)(C)COCC(C)(CO)COCC(F)(F)C(F)(F)F. The lowest BCUT2D eigenvalue weighted by atomic mass is 9.89. The average Bonchev–Trinajstić information content (AvgIpc) is 2.60. The van der Waals surface area contributed by atoms with Gasteiger partial charge in [-0.1, -0.05) is 64.3 Å². The predicted octanol–water partition coefficient (Wildman–Crippen LogP) is 6.21. The van der Waals surface area contributed by atoms with Crippen molar-refractivity contribution >= 4 is 0 Å². The van der Waals surface area contributed by atoms with E-state index in [2.05, 4.69) is 4.74 Å². The third kappa shape index (κ3) is 15.9. The largest absolute Gasteiger partial charge is 0.455 e. The minimum atomic E-state index is -5.69. The van der Waals surface area contributed by atoms with Crippen molar-refractivity contribution in [1.29, 1.82) is 0 Å². The fraction of sp³-hybridized carbons (Fsp3) is 1.00. The van der Waals surface area contributed by atoms with Gasteiger partial charge >= 0.3 is 12.1 Å². The Bertz CT molecular complexity index is 469. The number of ether oxygens (including phenoxy) is 3. The lowest BCUT2D eigenvalue weighted by Crippen LogP contribution is -2.43. The van der Waals surface area contributed by atoms with Gasteiger partial charge in [-0.3, -0.25) is 0 Å². The van der Waals surface area contributed by atoms with Crippen LogP contribution >= 0.6 is 0 Å². The molecule has 0 aromatic heterocycles. The molecular weight excluding hydrogens is 451 g/mol. The van der Waals surface area contributed by atoms with E-state index < -0.39 is 42.7 Å². The Labute approximate surface area is 199 Å². The van der Waals surface area contributed by atoms with Gasteiger partial charge in [0.2, 0.25) is 0 Å². The van der Waals surface area contributed by atoms with Gasteiger partial charge in [0, 0.05) is 16.2 Å². The summed E-state index contributed by atoms with van der Waals surface area (Å²) in [5.41, 5.74) is -1.87. The van der Waals surface area contributed by atoms with E-state index in [4.69, 9.17) is 9.47 Å². The molecular formula is C23H51F5O5. The van der Waals surface area contributed by atoms with E-state index in [9.17, 15) is 32.2 Å². The summed E-state index contributed by atoms with van der Waals surface area (Å²) >= 11 is 0. The third-order valence-corrected chi connectivity index (χ3v) is 4.65. The first-order valence-corrected chi connectivity index (χ1v) is 9.45. The van der Waals surface area contributed by atoms with E-state index in [1.165, 1.54) is 6.92 Å². The maximum Gasteiger partial charge on any atom is 0.455 e. The second kappa shape index (κ2) is 17.0. The molecule has 2 N–H and O–H groups in total. The van der Waals surface area contributed by atoms with Gasteiger partial charge in [-0.05, 0) is 6.42 Å². The van der Waals surface area contributed by atoms with Gasteiger partial charge in [0.25, 0.3) is 0 Å². The zero-order valence-corrected chi connectivity index (χ0v) is 17.9. The summed E-state index contributed by atoms with van der Waals surface area (Å²) in [4.78, 5) is 0. The summed E-state index contributed by atoms with van der Waals surface area (Å²) in [5.74, 6) is -4.95. The zero-order chi connectivity index (χ0) is 23.0. The third-order valence-electron chi connectivity index (χ3n) is 4.65. The Morgan fingerprint density at radius 2 is 0.909 bits per heavy atom. The van der Waals surface area contributed by atoms with Crippen LogP contribution < -0.4 is 0 Å². The molecule has 2 atom stereocenters. The Hall–Kier alpha value is -0.550. The molecule has 0 aromatic carbocycles. The number of aliphatic hydroxyl groups excluding tert-OH is 2. The molecule has 0 saturated carbocycles. The average molecular weight is 503 g/mol. The molecule has 208 valence electrons. The highest BCUT2D eigenvalue weighted by Crippen LogP contribution is 2.36. The topological polar surface area (TPSA) is 68.2 Å². The summed E-state index contributed by atoms with van der Waals surface area (Å²) < 4.78 is 78.1. The summed E-state index contributed by atoms with van der Waals surface area (Å²) in [6.07, 6.45) is -4.93. The van der Waals surface area contributed by atoms with Crippen LogP contribution in [0, 0.1) is 16.2 Å². The lowest BCUT2D eigenvalue weighted by molar-refractivity contribution is -0.298. The first-order chi connectivity index (χ1) is 13.1. The van der Waals surface area contributed by atoms with Crippen LogP contribution in [0.5, 0.6) is 0 Å². The molecule has 0 heterocycles. The molecule has 33 heavy (non-hydrogen) atoms. The summed E-state index contributed by atoms with van der Waals surface area (Å²) in [5, 5.41) is 18.9. The Morgan fingerprint density at radius 3 is 1.21 bits per heavy atom. The van der Waals surface area contributed by atoms with Crippen LogP contribution in [0.15, 0.2) is 0 Å². The van der Waals surface area contributed by atoms with Crippen LogP contribution in [0.2, 0.25) is 0 Å². The van der Waals surface area contributed by atoms with Crippen molar-refractivity contribution in [2.75, 3.05) is 52.9 Å². The maximum absolute atomic E-state index is 12.9. The number of rotatable bonds is 15. The molecule has 0 aromatic rings. The smallest absolute Gasteiger partial charge is 0.396 e. The van der Waals surface area contributed by atoms with Crippen molar-refractivity contribution in [3.8, 4) is 0 Å². The van der Waals surface area contributed by atoms with E-state index in [0.717, 1.165) is 6.42 Å². The highest BCUT2D eigenvalue weighted by molar-refractivity contribution is 4.78. The van der Waals surface area contributed by atoms with Crippen molar-refractivity contribution in [2.45, 2.75) is 82.8 Å². The minimum absolute atomic E-state index is 0. The quantitative estimate of drug-likeness (QED) is 0.261. The highest BCUT2D eigenvalue weighted by atomic mass is 19.4. The van der Waals surface area contributed by atoms with Crippen molar-refractivity contribution in [1.82, 2.24) is 0 Å². The molecule has 0 radical (unpaired) electrons. The van der Waals surface area contributed by atoms with Crippen LogP contribution in [-0.4, -0.2) is 75.2 Å². The van der Waals surface area contributed by atoms with Crippen molar-refractivity contribution in [2.24, 2.45) is 16.2 Å². The van der Waals surface area contributed by atoms with Gasteiger partial charge in [0.05, 0.1) is 46.2 Å². The number of hydrogen-bond acceptors (Lipinski definition) is 5. The molecule has 0 aliphatic heterocycles. The van der Waals surface area contributed by atoms with Crippen molar-refractivity contribution in [3.05, 3.63) is 0 Å². The van der Waals surface area contributed by atoms with Crippen molar-refractivity contribution in [3.63, 3.8) is 0 Å². The van der Waals surface area contributed by atoms with Gasteiger partial charge in [-0.15, -0.1) is 0 Å². The molecule has 0 amide bonds. The van der Waals surface area contributed by atoms with Gasteiger partial charge in [0.1, 0.15) is 6.61 Å². The Balaban J connectivity index is -0.000000653. The fourth-order valence-electron chi connectivity index (χ4n) is 2.09. The predicted molar refractivity (Wildman–Crippen MR) is 125 cm³/mol. The fourth-order valence-corrected chi connectivity index (χ4v) is 2.09. The summed E-state index contributed by atoms with van der Waals surface area (Å²) in [6.45, 7) is 7.10. The van der Waals surface area contributed by atoms with Crippen LogP contribution in [0.1, 0.15) is 70.7 Å². The van der Waals surface area contributed by atoms with E-state index in [1.54, 1.807) is 0 Å². The molecule has 2 unspecified atom stereocenters. The van der Waals surface area contributed by atoms with Gasteiger partial charge in [0.15, 0.2) is 0 Å². The first-order valence-electron chi connectivity index (χ1n) is 9.45. The molecule has 10 heteroatoms. The molecule has 0 aliphatic carbocycles. The highest BCUT2D eigenvalue weighted by Gasteiger charge is 2.57. The standard InChI is InChI=1S/C19H35F5O5.4CH4/c1-6-16(4,7-25)11-27-9-15(2,3)10-28-12-17(5,8-26)13-29-14-18(20,21)19(22,23)24;;;;/h25-26H,6-14H2,1-5H3;4*1H4. The van der Waals surface area contributed by atoms with E-state index >= 15 is 0 Å². The van der Waals surface area contributed by atoms with Crippen LogP contribution in [-0.2, 0) is 14.2 Å². The number of aliphatic hydroxyl groups is 2. The Kier molecular flexibility index (Phi) is 21.9. The molecule has 0 spiro atoms. The van der Waals surface area contributed by atoms with Gasteiger partial charge < -0.3 is 24.4 Å². The van der Waals surface area contributed by atoms with E-state index in [-0.39, 0.29) is 54.9 Å². The van der Waals surface area contributed by atoms with Crippen LogP contribution in [0.3, 0.4) is 0 Å². The maximum atomic E-state index is 12.9. The van der Waals surface area contributed by atoms with Crippen molar-refractivity contribution < 1.29 is 46.4 Å². The second-order valence-electron chi connectivity index (χ2n) is 9.14. The normalized spacial score (nSPS) is 15.6. The second-order valence-corrected chi connectivity index (χ2v) is 9.14. The summed E-state index contributed by atoms with van der Waals surface area (Å²) in [7, 11) is 0. The molecule has 0 fully saturated rings. The summed E-state index contributed by atoms with van der Waals surface area (Å²) in [6, 6.07) is 0. The van der Waals surface area contributed by atoms with Crippen LogP contribution in [0.25, 0.3) is 0 Å². The van der Waals surface area contributed by atoms with Gasteiger partial charge in [-0.2, -0.15) is 22.0 Å². The van der Waals surface area contributed by atoms with Crippen LogP contribution in [0.4, 0.5) is 22.0 Å². The minimum Gasteiger partial charge on any atom is -0.396 e. The van der Waals surface area contributed by atoms with E-state index in [0.29, 0.717) is 13.2 Å². The van der Waals surface area contributed by atoms with Gasteiger partial charge in [-0.25, -0.2) is 0 Å². The number of halogens is 5. The molecule has 5 nitrogen and oxygen atoms in total. The lowest BCUT2D eigenvalue weighted by Gasteiger charge is -2.32. The monoisotopic (exact) mass is 502 g/mol. The Morgan fingerprint density at radius 1 is 0.576 bits per heavy atom. The van der Waals surface area contributed by atoms with E-state index in [1.807, 2.05) is 27.7 Å². The zero-order valence-electron chi connectivity index (χ0n) is 17.9. The first kappa shape index (κ1) is 42.6. The number of hydrogen-bond donors (Lipinski definition) is 2. The molecule has 0 bridgehead atoms. The molecule has 0 saturated heterocycles. The molecule has 0 rings (SSSR count).